The number of amides is 2. The van der Waals surface area contributed by atoms with E-state index in [9.17, 15) is 9.59 Å². The molecule has 0 bridgehead atoms. The van der Waals surface area contributed by atoms with Crippen molar-refractivity contribution in [3.63, 3.8) is 0 Å². The van der Waals surface area contributed by atoms with Crippen LogP contribution in [0.5, 0.6) is 0 Å². The van der Waals surface area contributed by atoms with E-state index in [-0.39, 0.29) is 0 Å². The molecule has 0 saturated carbocycles. The second kappa shape index (κ2) is 5.75. The molecule has 0 saturated heterocycles. The minimum Gasteiger partial charge on any atom is -0.272 e. The third-order valence-corrected chi connectivity index (χ3v) is 3.13. The van der Waals surface area contributed by atoms with E-state index >= 15 is 0 Å². The molecule has 0 spiro atoms. The molecule has 2 aromatic rings. The maximum Gasteiger partial charge on any atom is 0.273 e. The van der Waals surface area contributed by atoms with E-state index in [0.717, 1.165) is 0 Å². The molecule has 2 rings (SSSR count). The monoisotopic (exact) mass is 292 g/mol. The van der Waals surface area contributed by atoms with Crippen molar-refractivity contribution in [3.8, 4) is 0 Å². The number of aryl methyl sites for hydroxylation is 1. The van der Waals surface area contributed by atoms with Gasteiger partial charge in [-0.1, -0.05) is 11.6 Å². The molecule has 1 aromatic carbocycles. The van der Waals surface area contributed by atoms with Gasteiger partial charge in [0.05, 0.1) is 11.8 Å². The van der Waals surface area contributed by atoms with Gasteiger partial charge in [-0.05, 0) is 31.2 Å². The van der Waals surface area contributed by atoms with Gasteiger partial charge in [0.1, 0.15) is 0 Å². The number of halogens is 1. The fourth-order valence-corrected chi connectivity index (χ4v) is 1.70. The Kier molecular flexibility index (Phi) is 4.05. The van der Waals surface area contributed by atoms with Crippen LogP contribution in [-0.4, -0.2) is 21.6 Å². The molecule has 7 heteroatoms. The summed E-state index contributed by atoms with van der Waals surface area (Å²) in [6.45, 7) is 1.77. The minimum absolute atomic E-state index is 0.401. The maximum atomic E-state index is 11.9. The SMILES string of the molecule is Cc1c(C(=O)NNC(=O)c2ccc(Cl)cc2)cnn1C. The summed E-state index contributed by atoms with van der Waals surface area (Å²) >= 11 is 5.73. The highest BCUT2D eigenvalue weighted by molar-refractivity contribution is 6.30. The predicted molar refractivity (Wildman–Crippen MR) is 74.3 cm³/mol. The van der Waals surface area contributed by atoms with Crippen molar-refractivity contribution in [2.45, 2.75) is 6.92 Å². The van der Waals surface area contributed by atoms with E-state index < -0.39 is 11.8 Å². The molecular weight excluding hydrogens is 280 g/mol. The van der Waals surface area contributed by atoms with Crippen LogP contribution in [0.25, 0.3) is 0 Å². The summed E-state index contributed by atoms with van der Waals surface area (Å²) in [6.07, 6.45) is 1.44. The van der Waals surface area contributed by atoms with Crippen molar-refractivity contribution in [3.05, 3.63) is 52.3 Å². The lowest BCUT2D eigenvalue weighted by molar-refractivity contribution is 0.0846. The summed E-state index contributed by atoms with van der Waals surface area (Å²) in [5, 5.41) is 4.50. The van der Waals surface area contributed by atoms with Crippen molar-refractivity contribution >= 4 is 23.4 Å². The lowest BCUT2D eigenvalue weighted by Gasteiger charge is -2.07. The molecule has 6 nitrogen and oxygen atoms in total. The normalized spacial score (nSPS) is 10.2. The summed E-state index contributed by atoms with van der Waals surface area (Å²) < 4.78 is 1.58. The fourth-order valence-electron chi connectivity index (χ4n) is 1.58. The molecule has 0 unspecified atom stereocenters. The third kappa shape index (κ3) is 2.97. The number of hydrazine groups is 1. The Bertz CT molecular complexity index is 649. The summed E-state index contributed by atoms with van der Waals surface area (Å²) in [6, 6.07) is 6.34. The lowest BCUT2D eigenvalue weighted by atomic mass is 10.2. The molecule has 0 radical (unpaired) electrons. The van der Waals surface area contributed by atoms with E-state index in [4.69, 9.17) is 11.6 Å². The third-order valence-electron chi connectivity index (χ3n) is 2.88. The Hall–Kier alpha value is -2.34. The highest BCUT2D eigenvalue weighted by atomic mass is 35.5. The molecular formula is C13H13ClN4O2. The largest absolute Gasteiger partial charge is 0.273 e. The van der Waals surface area contributed by atoms with Crippen LogP contribution >= 0.6 is 11.6 Å². The zero-order chi connectivity index (χ0) is 14.7. The van der Waals surface area contributed by atoms with Crippen molar-refractivity contribution in [2.24, 2.45) is 7.05 Å². The Labute approximate surface area is 120 Å². The second-order valence-corrected chi connectivity index (χ2v) is 4.62. The first-order valence-electron chi connectivity index (χ1n) is 5.84. The van der Waals surface area contributed by atoms with Crippen LogP contribution in [0.1, 0.15) is 26.4 Å². The quantitative estimate of drug-likeness (QED) is 0.823. The van der Waals surface area contributed by atoms with Crippen LogP contribution in [0.3, 0.4) is 0 Å². The zero-order valence-electron chi connectivity index (χ0n) is 11.0. The predicted octanol–water partition coefficient (Wildman–Crippen LogP) is 1.46. The fraction of sp³-hybridized carbons (Fsp3) is 0.154. The zero-order valence-corrected chi connectivity index (χ0v) is 11.7. The molecule has 1 aromatic heterocycles. The highest BCUT2D eigenvalue weighted by Crippen LogP contribution is 2.09. The Morgan fingerprint density at radius 1 is 1.15 bits per heavy atom. The van der Waals surface area contributed by atoms with Gasteiger partial charge in [0.2, 0.25) is 0 Å². The number of carbonyl (C=O) groups is 2. The van der Waals surface area contributed by atoms with Gasteiger partial charge in [-0.25, -0.2) is 0 Å². The number of rotatable bonds is 2. The first-order chi connectivity index (χ1) is 9.49. The van der Waals surface area contributed by atoms with Crippen molar-refractivity contribution < 1.29 is 9.59 Å². The van der Waals surface area contributed by atoms with Crippen LogP contribution < -0.4 is 10.9 Å². The first-order valence-corrected chi connectivity index (χ1v) is 6.21. The molecule has 20 heavy (non-hydrogen) atoms. The number of carbonyl (C=O) groups excluding carboxylic acids is 2. The number of hydrogen-bond donors (Lipinski definition) is 2. The van der Waals surface area contributed by atoms with Crippen LogP contribution in [0, 0.1) is 6.92 Å². The van der Waals surface area contributed by atoms with E-state index in [2.05, 4.69) is 16.0 Å². The average molecular weight is 293 g/mol. The Morgan fingerprint density at radius 2 is 1.75 bits per heavy atom. The Morgan fingerprint density at radius 3 is 2.30 bits per heavy atom. The van der Waals surface area contributed by atoms with Gasteiger partial charge < -0.3 is 0 Å². The smallest absolute Gasteiger partial charge is 0.272 e. The number of nitrogens with zero attached hydrogens (tertiary/aromatic N) is 2. The molecule has 1 heterocycles. The van der Waals surface area contributed by atoms with Crippen LogP contribution in [-0.2, 0) is 7.05 Å². The second-order valence-electron chi connectivity index (χ2n) is 4.18. The maximum absolute atomic E-state index is 11.9. The molecule has 104 valence electrons. The minimum atomic E-state index is -0.420. The summed E-state index contributed by atoms with van der Waals surface area (Å²) in [5.41, 5.74) is 6.19. The van der Waals surface area contributed by atoms with Crippen molar-refractivity contribution in [1.29, 1.82) is 0 Å². The number of benzene rings is 1. The topological polar surface area (TPSA) is 76.0 Å². The summed E-state index contributed by atoms with van der Waals surface area (Å²) in [4.78, 5) is 23.7. The van der Waals surface area contributed by atoms with Gasteiger partial charge in [0, 0.05) is 23.3 Å². The number of aromatic nitrogens is 2. The first kappa shape index (κ1) is 14.1. The van der Waals surface area contributed by atoms with Crippen molar-refractivity contribution in [1.82, 2.24) is 20.6 Å². The van der Waals surface area contributed by atoms with Gasteiger partial charge in [-0.15, -0.1) is 0 Å². The molecule has 0 aliphatic rings. The van der Waals surface area contributed by atoms with Gasteiger partial charge in [0.15, 0.2) is 0 Å². The van der Waals surface area contributed by atoms with E-state index in [1.54, 1.807) is 42.9 Å². The number of hydrogen-bond acceptors (Lipinski definition) is 3. The highest BCUT2D eigenvalue weighted by Gasteiger charge is 2.13. The number of nitrogens with one attached hydrogen (secondary N) is 2. The van der Waals surface area contributed by atoms with Crippen LogP contribution in [0.4, 0.5) is 0 Å². The molecule has 2 amide bonds. The van der Waals surface area contributed by atoms with Crippen LogP contribution in [0.2, 0.25) is 5.02 Å². The van der Waals surface area contributed by atoms with Crippen molar-refractivity contribution in [2.75, 3.05) is 0 Å². The molecule has 2 N–H and O–H groups in total. The molecule has 0 aliphatic carbocycles. The van der Waals surface area contributed by atoms with Gasteiger partial charge in [-0.2, -0.15) is 5.10 Å². The van der Waals surface area contributed by atoms with Gasteiger partial charge >= 0.3 is 0 Å². The van der Waals surface area contributed by atoms with E-state index in [1.165, 1.54) is 6.20 Å². The molecule has 0 atom stereocenters. The van der Waals surface area contributed by atoms with Gasteiger partial charge in [-0.3, -0.25) is 25.1 Å². The summed E-state index contributed by atoms with van der Waals surface area (Å²) in [5.74, 6) is -0.838. The standard InChI is InChI=1S/C13H13ClN4O2/c1-8-11(7-15-18(8)2)13(20)17-16-12(19)9-3-5-10(14)6-4-9/h3-7H,1-2H3,(H,16,19)(H,17,20). The molecule has 0 aliphatic heterocycles. The summed E-state index contributed by atoms with van der Waals surface area (Å²) in [7, 11) is 1.73. The van der Waals surface area contributed by atoms with Crippen LogP contribution in [0.15, 0.2) is 30.5 Å². The van der Waals surface area contributed by atoms with Gasteiger partial charge in [0.25, 0.3) is 11.8 Å². The lowest BCUT2D eigenvalue weighted by Crippen LogP contribution is -2.41. The average Bonchev–Trinajstić information content (AvgIpc) is 2.77. The Balaban J connectivity index is 1.98. The van der Waals surface area contributed by atoms with E-state index in [1.807, 2.05) is 0 Å². The van der Waals surface area contributed by atoms with E-state index in [0.29, 0.717) is 21.8 Å². The molecule has 0 fully saturated rings.